The smallest absolute Gasteiger partial charge is 0.314 e. The number of hydrogen-bond donors (Lipinski definition) is 0. The maximum absolute atomic E-state index is 12.7. The molecule has 31 heavy (non-hydrogen) atoms. The van der Waals surface area contributed by atoms with Crippen LogP contribution in [0.4, 0.5) is 0 Å². The molecule has 1 aliphatic carbocycles. The maximum Gasteiger partial charge on any atom is 0.314 e. The molecule has 0 unspecified atom stereocenters. The first-order chi connectivity index (χ1) is 15.1. The zero-order chi connectivity index (χ0) is 22.5. The van der Waals surface area contributed by atoms with Crippen LogP contribution in [-0.2, 0) is 4.79 Å². The van der Waals surface area contributed by atoms with E-state index < -0.39 is 0 Å². The largest absolute Gasteiger partial charge is 0.492 e. The summed E-state index contributed by atoms with van der Waals surface area (Å²) in [4.78, 5) is 12.7. The lowest BCUT2D eigenvalue weighted by molar-refractivity contribution is -0.140. The average Bonchev–Trinajstić information content (AvgIpc) is 2.79. The molecule has 5 nitrogen and oxygen atoms in total. The van der Waals surface area contributed by atoms with Crippen LogP contribution in [0.3, 0.4) is 0 Å². The number of rotatable bonds is 12. The minimum Gasteiger partial charge on any atom is -0.492 e. The Morgan fingerprint density at radius 1 is 0.903 bits per heavy atom. The van der Waals surface area contributed by atoms with E-state index in [9.17, 15) is 15.3 Å². The van der Waals surface area contributed by atoms with Crippen LogP contribution in [-0.4, -0.2) is 12.6 Å². The highest BCUT2D eigenvalue weighted by Crippen LogP contribution is 2.35. The third-order valence-electron chi connectivity index (χ3n) is 6.21. The van der Waals surface area contributed by atoms with Crippen molar-refractivity contribution in [3.8, 4) is 23.6 Å². The Morgan fingerprint density at radius 2 is 1.52 bits per heavy atom. The quantitative estimate of drug-likeness (QED) is 0.212. The first kappa shape index (κ1) is 24.7. The number of benzene rings is 1. The lowest BCUT2D eigenvalue weighted by atomic mass is 9.80. The molecule has 1 saturated carbocycles. The van der Waals surface area contributed by atoms with Gasteiger partial charge >= 0.3 is 5.97 Å². The van der Waals surface area contributed by atoms with Gasteiger partial charge in [0.05, 0.1) is 12.5 Å². The van der Waals surface area contributed by atoms with Gasteiger partial charge in [0, 0.05) is 0 Å². The van der Waals surface area contributed by atoms with Crippen molar-refractivity contribution in [1.29, 1.82) is 10.5 Å². The number of hydrogen-bond acceptors (Lipinski definition) is 5. The average molecular weight is 425 g/mol. The molecular formula is C26H36N2O3. The minimum atomic E-state index is -0.291. The molecule has 0 saturated heterocycles. The second kappa shape index (κ2) is 13.7. The Kier molecular flexibility index (Phi) is 10.9. The molecule has 2 rings (SSSR count). The van der Waals surface area contributed by atoms with Crippen molar-refractivity contribution in [3.05, 3.63) is 23.3 Å². The van der Waals surface area contributed by atoms with Crippen LogP contribution >= 0.6 is 0 Å². The molecular weight excluding hydrogens is 388 g/mol. The van der Waals surface area contributed by atoms with Crippen molar-refractivity contribution < 1.29 is 14.3 Å². The number of nitriles is 2. The highest BCUT2D eigenvalue weighted by molar-refractivity contribution is 5.77. The summed E-state index contributed by atoms with van der Waals surface area (Å²) in [6.45, 7) is 4.86. The van der Waals surface area contributed by atoms with Crippen molar-refractivity contribution in [2.45, 2.75) is 90.9 Å². The molecule has 0 spiro atoms. The van der Waals surface area contributed by atoms with E-state index in [-0.39, 0.29) is 28.8 Å². The van der Waals surface area contributed by atoms with Gasteiger partial charge in [0.25, 0.3) is 0 Å². The monoisotopic (exact) mass is 424 g/mol. The van der Waals surface area contributed by atoms with Gasteiger partial charge in [0.2, 0.25) is 0 Å². The topological polar surface area (TPSA) is 83.1 Å². The van der Waals surface area contributed by atoms with Gasteiger partial charge in [-0.15, -0.1) is 0 Å². The number of nitrogens with zero attached hydrogens (tertiary/aromatic N) is 2. The second-order valence-corrected chi connectivity index (χ2v) is 8.58. The van der Waals surface area contributed by atoms with Gasteiger partial charge in [-0.3, -0.25) is 4.79 Å². The molecule has 0 aromatic heterocycles. The molecule has 0 atom stereocenters. The number of carbonyl (C=O) groups is 1. The van der Waals surface area contributed by atoms with Gasteiger partial charge in [-0.2, -0.15) is 10.5 Å². The van der Waals surface area contributed by atoms with Gasteiger partial charge in [0.15, 0.2) is 0 Å². The van der Waals surface area contributed by atoms with Gasteiger partial charge in [-0.25, -0.2) is 0 Å². The SMILES string of the molecule is CCCCCCOc1ccc(OC(=O)C2CCC(CCCCC)CC2)c(C#N)c1C#N. The molecule has 1 aromatic rings. The van der Waals surface area contributed by atoms with Crippen LogP contribution in [0.15, 0.2) is 12.1 Å². The van der Waals surface area contributed by atoms with E-state index >= 15 is 0 Å². The number of esters is 1. The molecule has 1 fully saturated rings. The van der Waals surface area contributed by atoms with E-state index in [1.807, 2.05) is 6.07 Å². The standard InChI is InChI=1S/C26H36N2O3/c1-3-5-7-9-17-30-24-15-16-25(23(19-28)22(24)18-27)31-26(29)21-13-11-20(12-14-21)10-8-6-4-2/h15-16,20-21H,3-14,17H2,1-2H3. The molecule has 0 bridgehead atoms. The van der Waals surface area contributed by atoms with Gasteiger partial charge in [-0.05, 0) is 50.2 Å². The number of carbonyl (C=O) groups excluding carboxylic acids is 1. The lowest BCUT2D eigenvalue weighted by Crippen LogP contribution is -2.26. The van der Waals surface area contributed by atoms with Crippen molar-refractivity contribution in [1.82, 2.24) is 0 Å². The fraction of sp³-hybridized carbons (Fsp3) is 0.654. The summed E-state index contributed by atoms with van der Waals surface area (Å²) in [5.41, 5.74) is 0.220. The third kappa shape index (κ3) is 7.59. The van der Waals surface area contributed by atoms with E-state index in [1.54, 1.807) is 12.1 Å². The van der Waals surface area contributed by atoms with E-state index in [4.69, 9.17) is 9.47 Å². The predicted octanol–water partition coefficient (Wildman–Crippen LogP) is 6.68. The third-order valence-corrected chi connectivity index (χ3v) is 6.21. The van der Waals surface area contributed by atoms with Crippen LogP contribution < -0.4 is 9.47 Å². The highest BCUT2D eigenvalue weighted by Gasteiger charge is 2.28. The number of unbranched alkanes of at least 4 members (excludes halogenated alkanes) is 5. The van der Waals surface area contributed by atoms with E-state index in [2.05, 4.69) is 19.9 Å². The van der Waals surface area contributed by atoms with E-state index in [0.29, 0.717) is 18.3 Å². The zero-order valence-corrected chi connectivity index (χ0v) is 19.1. The maximum atomic E-state index is 12.7. The molecule has 0 N–H and O–H groups in total. The minimum absolute atomic E-state index is 0.0789. The molecule has 5 heteroatoms. The Labute approximate surface area is 187 Å². The predicted molar refractivity (Wildman–Crippen MR) is 121 cm³/mol. The van der Waals surface area contributed by atoms with Crippen molar-refractivity contribution in [2.75, 3.05) is 6.61 Å². The summed E-state index contributed by atoms with van der Waals surface area (Å²) >= 11 is 0. The molecule has 1 aromatic carbocycles. The summed E-state index contributed by atoms with van der Waals surface area (Å²) in [5.74, 6) is 0.828. The van der Waals surface area contributed by atoms with E-state index in [1.165, 1.54) is 25.7 Å². The Balaban J connectivity index is 1.96. The summed E-state index contributed by atoms with van der Waals surface area (Å²) in [6, 6.07) is 7.29. The summed E-state index contributed by atoms with van der Waals surface area (Å²) in [5, 5.41) is 19.2. The lowest BCUT2D eigenvalue weighted by Gasteiger charge is -2.27. The first-order valence-electron chi connectivity index (χ1n) is 12.0. The van der Waals surface area contributed by atoms with Crippen LogP contribution in [0, 0.1) is 34.5 Å². The Bertz CT molecular complexity index is 783. The number of ether oxygens (including phenoxy) is 2. The van der Waals surface area contributed by atoms with Crippen LogP contribution in [0.1, 0.15) is 102 Å². The first-order valence-corrected chi connectivity index (χ1v) is 12.0. The zero-order valence-electron chi connectivity index (χ0n) is 19.1. The normalized spacial score (nSPS) is 18.1. The molecule has 168 valence electrons. The highest BCUT2D eigenvalue weighted by atomic mass is 16.5. The fourth-order valence-electron chi connectivity index (χ4n) is 4.26. The molecule has 0 amide bonds. The van der Waals surface area contributed by atoms with Gasteiger partial charge in [-0.1, -0.05) is 58.8 Å². The van der Waals surface area contributed by atoms with Crippen LogP contribution in [0.25, 0.3) is 0 Å². The van der Waals surface area contributed by atoms with Crippen molar-refractivity contribution >= 4 is 5.97 Å². The van der Waals surface area contributed by atoms with Crippen molar-refractivity contribution in [2.24, 2.45) is 11.8 Å². The summed E-state index contributed by atoms with van der Waals surface area (Å²) in [7, 11) is 0. The fourth-order valence-corrected chi connectivity index (χ4v) is 4.26. The van der Waals surface area contributed by atoms with Crippen LogP contribution in [0.2, 0.25) is 0 Å². The molecule has 0 aliphatic heterocycles. The molecule has 1 aliphatic rings. The molecule has 0 heterocycles. The second-order valence-electron chi connectivity index (χ2n) is 8.58. The van der Waals surface area contributed by atoms with Gasteiger partial charge < -0.3 is 9.47 Å². The molecule has 0 radical (unpaired) electrons. The Hall–Kier alpha value is -2.53. The van der Waals surface area contributed by atoms with Crippen molar-refractivity contribution in [3.63, 3.8) is 0 Å². The summed E-state index contributed by atoms with van der Waals surface area (Å²) < 4.78 is 11.3. The Morgan fingerprint density at radius 3 is 2.16 bits per heavy atom. The van der Waals surface area contributed by atoms with E-state index in [0.717, 1.165) is 51.4 Å². The summed E-state index contributed by atoms with van der Waals surface area (Å²) in [6.07, 6.45) is 13.1. The van der Waals surface area contributed by atoms with Gasteiger partial charge in [0.1, 0.15) is 34.8 Å². The van der Waals surface area contributed by atoms with Crippen LogP contribution in [0.5, 0.6) is 11.5 Å².